The van der Waals surface area contributed by atoms with E-state index in [1.807, 2.05) is 6.92 Å². The fraction of sp³-hybridized carbons (Fsp3) is 0.667. The van der Waals surface area contributed by atoms with Gasteiger partial charge in [0, 0.05) is 24.6 Å². The first-order chi connectivity index (χ1) is 7.45. The summed E-state index contributed by atoms with van der Waals surface area (Å²) in [5.41, 5.74) is 0. The number of aryl methyl sites for hydroxylation is 1. The van der Waals surface area contributed by atoms with Crippen LogP contribution in [0.25, 0.3) is 0 Å². The highest BCUT2D eigenvalue weighted by molar-refractivity contribution is 9.09. The van der Waals surface area contributed by atoms with Gasteiger partial charge < -0.3 is 0 Å². The van der Waals surface area contributed by atoms with Crippen molar-refractivity contribution in [3.05, 3.63) is 12.4 Å². The molecule has 1 rings (SSSR count). The molecule has 7 heteroatoms. The molecule has 5 nitrogen and oxygen atoms in total. The van der Waals surface area contributed by atoms with Gasteiger partial charge in [-0.3, -0.25) is 4.68 Å². The Hall–Kier alpha value is -0.400. The van der Waals surface area contributed by atoms with Crippen LogP contribution in [-0.4, -0.2) is 29.6 Å². The lowest BCUT2D eigenvalue weighted by Gasteiger charge is -2.12. The Labute approximate surface area is 104 Å². The maximum absolute atomic E-state index is 11.8. The second kappa shape index (κ2) is 5.79. The molecule has 1 heterocycles. The minimum Gasteiger partial charge on any atom is -0.274 e. The lowest BCUT2D eigenvalue weighted by Crippen LogP contribution is -2.32. The normalized spacial score (nSPS) is 13.9. The largest absolute Gasteiger partial charge is 0.274 e. The fourth-order valence-corrected chi connectivity index (χ4v) is 2.90. The van der Waals surface area contributed by atoms with Crippen molar-refractivity contribution in [3.63, 3.8) is 0 Å². The monoisotopic (exact) mass is 309 g/mol. The van der Waals surface area contributed by atoms with Crippen molar-refractivity contribution in [2.45, 2.75) is 30.7 Å². The maximum Gasteiger partial charge on any atom is 0.243 e. The van der Waals surface area contributed by atoms with Crippen molar-refractivity contribution in [2.24, 2.45) is 7.05 Å². The summed E-state index contributed by atoms with van der Waals surface area (Å²) < 4.78 is 27.8. The highest BCUT2D eigenvalue weighted by Crippen LogP contribution is 2.09. The van der Waals surface area contributed by atoms with Crippen LogP contribution in [0.15, 0.2) is 17.3 Å². The van der Waals surface area contributed by atoms with Crippen molar-refractivity contribution < 1.29 is 8.42 Å². The number of alkyl halides is 1. The number of nitrogens with one attached hydrogen (secondary N) is 1. The number of aromatic nitrogens is 2. The van der Waals surface area contributed by atoms with E-state index < -0.39 is 10.0 Å². The molecule has 1 aromatic rings. The molecular weight excluding hydrogens is 294 g/mol. The van der Waals surface area contributed by atoms with Gasteiger partial charge >= 0.3 is 0 Å². The first-order valence-electron chi connectivity index (χ1n) is 5.02. The van der Waals surface area contributed by atoms with Gasteiger partial charge in [-0.15, -0.1) is 0 Å². The topological polar surface area (TPSA) is 64.0 Å². The number of hydrogen-bond donors (Lipinski definition) is 1. The second-order valence-electron chi connectivity index (χ2n) is 3.70. The molecular formula is C9H16BrN3O2S. The first-order valence-corrected chi connectivity index (χ1v) is 7.63. The summed E-state index contributed by atoms with van der Waals surface area (Å²) in [6.07, 6.45) is 4.58. The molecule has 1 aromatic heterocycles. The van der Waals surface area contributed by atoms with Gasteiger partial charge in [0.15, 0.2) is 0 Å². The Balaban J connectivity index is 2.65. The van der Waals surface area contributed by atoms with E-state index in [-0.39, 0.29) is 10.9 Å². The SMILES string of the molecule is CC(CCCBr)NS(=O)(=O)c1cnn(C)c1. The number of hydrogen-bond acceptors (Lipinski definition) is 3. The lowest BCUT2D eigenvalue weighted by molar-refractivity contribution is 0.545. The van der Waals surface area contributed by atoms with Gasteiger partial charge in [0.2, 0.25) is 10.0 Å². The van der Waals surface area contributed by atoms with Crippen molar-refractivity contribution >= 4 is 26.0 Å². The molecule has 1 atom stereocenters. The Morgan fingerprint density at radius 3 is 2.81 bits per heavy atom. The molecule has 0 saturated heterocycles. The molecule has 0 saturated carbocycles. The highest BCUT2D eigenvalue weighted by Gasteiger charge is 2.18. The molecule has 0 radical (unpaired) electrons. The molecule has 0 fully saturated rings. The predicted octanol–water partition coefficient (Wildman–Crippen LogP) is 1.26. The van der Waals surface area contributed by atoms with E-state index in [1.165, 1.54) is 17.1 Å². The van der Waals surface area contributed by atoms with Crippen LogP contribution in [0.2, 0.25) is 0 Å². The molecule has 0 aromatic carbocycles. The van der Waals surface area contributed by atoms with Crippen molar-refractivity contribution in [3.8, 4) is 0 Å². The summed E-state index contributed by atoms with van der Waals surface area (Å²) in [6.45, 7) is 1.86. The smallest absolute Gasteiger partial charge is 0.243 e. The predicted molar refractivity (Wildman–Crippen MR) is 66.0 cm³/mol. The summed E-state index contributed by atoms with van der Waals surface area (Å²) in [7, 11) is -1.73. The van der Waals surface area contributed by atoms with Crippen LogP contribution < -0.4 is 4.72 Å². The molecule has 0 aliphatic rings. The van der Waals surface area contributed by atoms with Gasteiger partial charge in [-0.25, -0.2) is 13.1 Å². The van der Waals surface area contributed by atoms with Gasteiger partial charge in [0.25, 0.3) is 0 Å². The molecule has 0 spiro atoms. The number of sulfonamides is 1. The molecule has 16 heavy (non-hydrogen) atoms. The third-order valence-electron chi connectivity index (χ3n) is 2.12. The highest BCUT2D eigenvalue weighted by atomic mass is 79.9. The second-order valence-corrected chi connectivity index (χ2v) is 6.21. The Kier molecular flexibility index (Phi) is 4.94. The minimum absolute atomic E-state index is 0.0669. The minimum atomic E-state index is -3.42. The van der Waals surface area contributed by atoms with Gasteiger partial charge in [-0.05, 0) is 19.8 Å². The standard InChI is InChI=1S/C9H16BrN3O2S/c1-8(4-3-5-10)12-16(14,15)9-6-11-13(2)7-9/h6-8,12H,3-5H2,1-2H3. The average molecular weight is 310 g/mol. The molecule has 0 amide bonds. The quantitative estimate of drug-likeness (QED) is 0.805. The number of nitrogens with zero attached hydrogens (tertiary/aromatic N) is 2. The van der Waals surface area contributed by atoms with E-state index in [1.54, 1.807) is 7.05 Å². The van der Waals surface area contributed by atoms with Crippen LogP contribution in [0.1, 0.15) is 19.8 Å². The molecule has 0 aliphatic heterocycles. The summed E-state index contributed by atoms with van der Waals surface area (Å²) in [5, 5.41) is 4.72. The molecule has 0 bridgehead atoms. The summed E-state index contributed by atoms with van der Waals surface area (Å²) in [6, 6.07) is -0.0669. The van der Waals surface area contributed by atoms with Crippen LogP contribution in [0, 0.1) is 0 Å². The van der Waals surface area contributed by atoms with Crippen LogP contribution in [0.4, 0.5) is 0 Å². The zero-order valence-electron chi connectivity index (χ0n) is 9.35. The number of rotatable bonds is 6. The van der Waals surface area contributed by atoms with E-state index in [0.29, 0.717) is 0 Å². The van der Waals surface area contributed by atoms with Crippen molar-refractivity contribution in [1.82, 2.24) is 14.5 Å². The maximum atomic E-state index is 11.8. The van der Waals surface area contributed by atoms with Crippen molar-refractivity contribution in [2.75, 3.05) is 5.33 Å². The summed E-state index contributed by atoms with van der Waals surface area (Å²) >= 11 is 3.32. The van der Waals surface area contributed by atoms with Gasteiger partial charge in [0.1, 0.15) is 4.90 Å². The zero-order valence-corrected chi connectivity index (χ0v) is 11.8. The Morgan fingerprint density at radius 1 is 1.62 bits per heavy atom. The summed E-state index contributed by atoms with van der Waals surface area (Å²) in [5.74, 6) is 0. The van der Waals surface area contributed by atoms with Gasteiger partial charge in [-0.2, -0.15) is 5.10 Å². The van der Waals surface area contributed by atoms with E-state index in [0.717, 1.165) is 18.2 Å². The molecule has 1 N–H and O–H groups in total. The summed E-state index contributed by atoms with van der Waals surface area (Å²) in [4.78, 5) is 0.209. The molecule has 0 aliphatic carbocycles. The molecule has 1 unspecified atom stereocenters. The fourth-order valence-electron chi connectivity index (χ4n) is 1.31. The lowest BCUT2D eigenvalue weighted by atomic mass is 10.2. The van der Waals surface area contributed by atoms with E-state index >= 15 is 0 Å². The first kappa shape index (κ1) is 13.7. The third kappa shape index (κ3) is 3.88. The third-order valence-corrected chi connectivity index (χ3v) is 4.22. The van der Waals surface area contributed by atoms with E-state index in [2.05, 4.69) is 25.8 Å². The van der Waals surface area contributed by atoms with Crippen LogP contribution in [-0.2, 0) is 17.1 Å². The van der Waals surface area contributed by atoms with E-state index in [4.69, 9.17) is 0 Å². The van der Waals surface area contributed by atoms with Crippen LogP contribution >= 0.6 is 15.9 Å². The van der Waals surface area contributed by atoms with Crippen molar-refractivity contribution in [1.29, 1.82) is 0 Å². The zero-order chi connectivity index (χ0) is 12.2. The van der Waals surface area contributed by atoms with Gasteiger partial charge in [-0.1, -0.05) is 15.9 Å². The Morgan fingerprint density at radius 2 is 2.31 bits per heavy atom. The average Bonchev–Trinajstić information content (AvgIpc) is 2.62. The molecule has 92 valence electrons. The van der Waals surface area contributed by atoms with Gasteiger partial charge in [0.05, 0.1) is 6.20 Å². The van der Waals surface area contributed by atoms with Crippen LogP contribution in [0.5, 0.6) is 0 Å². The number of halogens is 1. The van der Waals surface area contributed by atoms with E-state index in [9.17, 15) is 8.42 Å². The Bertz CT molecular complexity index is 430. The van der Waals surface area contributed by atoms with Crippen LogP contribution in [0.3, 0.4) is 0 Å².